The lowest BCUT2D eigenvalue weighted by Gasteiger charge is -2.49. The number of rotatable bonds is 4. The molecule has 0 unspecified atom stereocenters. The molecule has 48 heavy (non-hydrogen) atoms. The van der Waals surface area contributed by atoms with Crippen LogP contribution in [0, 0.1) is 35.0 Å². The third kappa shape index (κ3) is 4.03. The molecule has 5 aliphatic rings. The van der Waals surface area contributed by atoms with E-state index in [0.29, 0.717) is 29.0 Å². The number of carboxylic acids is 1. The minimum Gasteiger partial charge on any atom is -0.508 e. The Morgan fingerprint density at radius 3 is 2.38 bits per heavy atom. The molecule has 3 N–H and O–H groups in total. The first-order valence-electron chi connectivity index (χ1n) is 15.8. The molecule has 0 spiro atoms. The second-order valence-corrected chi connectivity index (χ2v) is 13.3. The van der Waals surface area contributed by atoms with E-state index in [1.54, 1.807) is 55.7 Å². The zero-order chi connectivity index (χ0) is 33.6. The summed E-state index contributed by atoms with van der Waals surface area (Å²) in [6.07, 6.45) is 4.24. The van der Waals surface area contributed by atoms with Crippen LogP contribution in [0.2, 0.25) is 0 Å². The van der Waals surface area contributed by atoms with Crippen LogP contribution >= 0.6 is 0 Å². The molecule has 6 atom stereocenters. The van der Waals surface area contributed by atoms with E-state index in [1.165, 1.54) is 17.0 Å². The van der Waals surface area contributed by atoms with Crippen LogP contribution in [0.5, 0.6) is 17.2 Å². The molecule has 3 heterocycles. The average molecular weight is 647 g/mol. The fraction of sp³-hybridized carbons (Fsp3) is 0.270. The summed E-state index contributed by atoms with van der Waals surface area (Å²) >= 11 is 0. The minimum absolute atomic E-state index is 0.0582. The number of amides is 4. The number of ether oxygens (including phenoxy) is 1. The van der Waals surface area contributed by atoms with Gasteiger partial charge in [0.1, 0.15) is 22.8 Å². The fourth-order valence-corrected chi connectivity index (χ4v) is 8.76. The van der Waals surface area contributed by atoms with Crippen LogP contribution in [0.4, 0.5) is 11.4 Å². The minimum atomic E-state index is -1.35. The highest BCUT2D eigenvalue weighted by atomic mass is 16.5. The van der Waals surface area contributed by atoms with Crippen LogP contribution in [-0.2, 0) is 25.6 Å². The van der Waals surface area contributed by atoms with Crippen molar-refractivity contribution in [1.82, 2.24) is 0 Å². The van der Waals surface area contributed by atoms with Crippen molar-refractivity contribution in [2.24, 2.45) is 35.0 Å². The van der Waals surface area contributed by atoms with Crippen molar-refractivity contribution in [3.63, 3.8) is 0 Å². The van der Waals surface area contributed by atoms with Crippen LogP contribution in [0.1, 0.15) is 35.7 Å². The molecule has 2 saturated heterocycles. The van der Waals surface area contributed by atoms with E-state index >= 15 is 0 Å². The van der Waals surface area contributed by atoms with Crippen molar-refractivity contribution < 1.29 is 44.0 Å². The largest absolute Gasteiger partial charge is 0.508 e. The lowest BCUT2D eigenvalue weighted by atomic mass is 9.51. The Hall–Kier alpha value is -5.71. The number of phenolic OH excluding ortho intramolecular Hbond substituents is 1. The van der Waals surface area contributed by atoms with Gasteiger partial charge in [0.25, 0.3) is 0 Å². The summed E-state index contributed by atoms with van der Waals surface area (Å²) in [4.78, 5) is 70.7. The number of carbonyl (C=O) groups excluding carboxylic acids is 4. The average Bonchev–Trinajstić information content (AvgIpc) is 3.43. The molecular weight excluding hydrogens is 616 g/mol. The Morgan fingerprint density at radius 2 is 1.65 bits per heavy atom. The highest BCUT2D eigenvalue weighted by Crippen LogP contribution is 2.63. The maximum Gasteiger partial charge on any atom is 0.339 e. The Morgan fingerprint density at radius 1 is 0.875 bits per heavy atom. The Bertz CT molecular complexity index is 2030. The summed E-state index contributed by atoms with van der Waals surface area (Å²) in [5.74, 6) is -6.66. The van der Waals surface area contributed by atoms with Crippen molar-refractivity contribution in [3.05, 3.63) is 101 Å². The van der Waals surface area contributed by atoms with Crippen LogP contribution < -0.4 is 14.5 Å². The molecule has 242 valence electrons. The first kappa shape index (κ1) is 29.7. The number of anilines is 2. The second-order valence-electron chi connectivity index (χ2n) is 13.3. The van der Waals surface area contributed by atoms with Gasteiger partial charge in [0.05, 0.1) is 40.8 Å². The maximum absolute atomic E-state index is 14.6. The van der Waals surface area contributed by atoms with Crippen LogP contribution in [0.3, 0.4) is 0 Å². The number of aromatic carboxylic acids is 1. The molecule has 1 saturated carbocycles. The van der Waals surface area contributed by atoms with Gasteiger partial charge in [-0.2, -0.15) is 0 Å². The normalized spacial score (nSPS) is 29.0. The van der Waals surface area contributed by atoms with Gasteiger partial charge in [-0.15, -0.1) is 0 Å². The number of allylic oxidation sites excluding steroid dienone is 3. The summed E-state index contributed by atoms with van der Waals surface area (Å²) in [5, 5.41) is 30.0. The summed E-state index contributed by atoms with van der Waals surface area (Å²) < 4.78 is 6.02. The third-order valence-corrected chi connectivity index (χ3v) is 10.9. The third-order valence-electron chi connectivity index (χ3n) is 10.9. The van der Waals surface area contributed by atoms with Gasteiger partial charge >= 0.3 is 5.97 Å². The Labute approximate surface area is 274 Å². The molecule has 3 fully saturated rings. The number of phenols is 2. The number of imide groups is 2. The van der Waals surface area contributed by atoms with Gasteiger partial charge in [-0.1, -0.05) is 29.8 Å². The van der Waals surface area contributed by atoms with Gasteiger partial charge in [0.2, 0.25) is 23.6 Å². The summed E-state index contributed by atoms with van der Waals surface area (Å²) in [5.41, 5.74) is 1.12. The first-order chi connectivity index (χ1) is 23.0. The first-order valence-corrected chi connectivity index (χ1v) is 15.8. The Kier molecular flexibility index (Phi) is 6.43. The van der Waals surface area contributed by atoms with E-state index in [-0.39, 0.29) is 41.7 Å². The van der Waals surface area contributed by atoms with Gasteiger partial charge in [0.15, 0.2) is 0 Å². The fourth-order valence-electron chi connectivity index (χ4n) is 8.76. The maximum atomic E-state index is 14.6. The smallest absolute Gasteiger partial charge is 0.339 e. The summed E-state index contributed by atoms with van der Waals surface area (Å²) in [7, 11) is 0. The Balaban J connectivity index is 1.23. The van der Waals surface area contributed by atoms with Crippen LogP contribution in [-0.4, -0.2) is 44.9 Å². The highest BCUT2D eigenvalue weighted by molar-refractivity contribution is 6.25. The number of hydrogen-bond acceptors (Lipinski definition) is 8. The molecule has 3 aromatic carbocycles. The van der Waals surface area contributed by atoms with Crippen molar-refractivity contribution in [2.45, 2.75) is 26.2 Å². The number of aromatic hydroxyl groups is 2. The summed E-state index contributed by atoms with van der Waals surface area (Å²) in [6.45, 7) is 1.80. The molecule has 0 aromatic heterocycles. The lowest BCUT2D eigenvalue weighted by molar-refractivity contribution is -0.132. The van der Waals surface area contributed by atoms with E-state index in [0.717, 1.165) is 22.6 Å². The molecule has 4 amide bonds. The topological polar surface area (TPSA) is 162 Å². The number of carbonyl (C=O) groups is 5. The number of nitrogens with zero attached hydrogens (tertiary/aromatic N) is 2. The van der Waals surface area contributed by atoms with Crippen molar-refractivity contribution in [2.75, 3.05) is 9.80 Å². The quantitative estimate of drug-likeness (QED) is 0.272. The number of carboxylic acid groups (broad SMARTS) is 1. The number of benzene rings is 3. The van der Waals surface area contributed by atoms with Crippen LogP contribution in [0.25, 0.3) is 0 Å². The number of hydrogen-bond donors (Lipinski definition) is 3. The van der Waals surface area contributed by atoms with Gasteiger partial charge in [-0.25, -0.2) is 14.6 Å². The molecule has 3 aromatic rings. The molecule has 11 heteroatoms. The van der Waals surface area contributed by atoms with Crippen LogP contribution in [0.15, 0.2) is 90.2 Å². The zero-order valence-electron chi connectivity index (χ0n) is 25.7. The molecule has 8 rings (SSSR count). The monoisotopic (exact) mass is 646 g/mol. The van der Waals surface area contributed by atoms with Gasteiger partial charge in [-0.3, -0.25) is 19.2 Å². The van der Waals surface area contributed by atoms with E-state index < -0.39 is 58.5 Å². The van der Waals surface area contributed by atoms with E-state index in [9.17, 15) is 39.3 Å². The van der Waals surface area contributed by atoms with E-state index in [2.05, 4.69) is 0 Å². The number of para-hydroxylation sites is 1. The van der Waals surface area contributed by atoms with Gasteiger partial charge < -0.3 is 20.1 Å². The molecule has 3 aliphatic heterocycles. The second kappa shape index (κ2) is 10.4. The molecule has 0 bridgehead atoms. The predicted molar refractivity (Wildman–Crippen MR) is 170 cm³/mol. The SMILES string of the molecule is C[C@@]12C(=O)N(c3ccccc3)C(=O)[C@@H]1C[C@@H]1C(=CC[C@@H]3C(=O)N(c4ccc(C(=O)O)c(O)c4)C(=O)[C@@H]31)[C@@H]2C1=COc2ccc(O)cc2C1. The highest BCUT2D eigenvalue weighted by Gasteiger charge is 2.68. The summed E-state index contributed by atoms with van der Waals surface area (Å²) in [6, 6.07) is 17.1. The number of fused-ring (bicyclic) bond motifs is 5. The van der Waals surface area contributed by atoms with Crippen molar-refractivity contribution >= 4 is 41.0 Å². The lowest BCUT2D eigenvalue weighted by Crippen LogP contribution is -2.51. The predicted octanol–water partition coefficient (Wildman–Crippen LogP) is 4.58. The van der Waals surface area contributed by atoms with Crippen molar-refractivity contribution in [1.29, 1.82) is 0 Å². The molecule has 2 aliphatic carbocycles. The van der Waals surface area contributed by atoms with Gasteiger partial charge in [0, 0.05) is 24.0 Å². The molecule has 0 radical (unpaired) electrons. The van der Waals surface area contributed by atoms with E-state index in [4.69, 9.17) is 4.74 Å². The standard InChI is InChI=1S/C37H30N2O9/c1-37-27(33(43)39(36(37)47)20-5-3-2-4-6-20)16-26-23(31(37)19-13-18-14-22(40)8-12-29(18)48-17-19)10-11-25-30(26)34(44)38(32(25)42)21-7-9-24(35(45)46)28(41)15-21/h2-10,12,14-15,17,25-27,30-31,40-41H,11,13,16H2,1H3,(H,45,46)/t25-,26+,27-,30-,31-,37+/m0/s1. The zero-order valence-corrected chi connectivity index (χ0v) is 25.7. The van der Waals surface area contributed by atoms with E-state index in [1.807, 2.05) is 6.08 Å². The molecule has 11 nitrogen and oxygen atoms in total. The molecular formula is C37H30N2O9. The van der Waals surface area contributed by atoms with Crippen molar-refractivity contribution in [3.8, 4) is 17.2 Å². The van der Waals surface area contributed by atoms with Gasteiger partial charge in [-0.05, 0) is 73.7 Å².